The van der Waals surface area contributed by atoms with E-state index in [9.17, 15) is 0 Å². The minimum Gasteiger partial charge on any atom is -0.255 e. The molecule has 0 aliphatic rings. The molecular formula is H2Cl5NS. The van der Waals surface area contributed by atoms with Crippen LogP contribution in [0.5, 0.6) is 0 Å². The molecule has 0 aliphatic carbocycles. The molecule has 0 aromatic carbocycles. The quantitative estimate of drug-likeness (QED) is 0.671. The fourth-order valence-corrected chi connectivity index (χ4v) is 0. The minimum absolute atomic E-state index is 4.61. The van der Waals surface area contributed by atoms with E-state index in [1.165, 1.54) is 0 Å². The van der Waals surface area contributed by atoms with Crippen molar-refractivity contribution in [1.29, 1.82) is 0 Å². The van der Waals surface area contributed by atoms with Crippen LogP contribution in [0.15, 0.2) is 0 Å². The van der Waals surface area contributed by atoms with Crippen LogP contribution >= 0.6 is 58.0 Å². The van der Waals surface area contributed by atoms with E-state index >= 15 is 0 Å². The molecule has 0 bridgehead atoms. The Balaban J connectivity index is 4.43. The van der Waals surface area contributed by atoms with Crippen molar-refractivity contribution >= 4 is 58.0 Å². The molecule has 1 nitrogen and oxygen atoms in total. The van der Waals surface area contributed by atoms with Gasteiger partial charge in [0.15, 0.2) is 0 Å². The first-order valence-electron chi connectivity index (χ1n) is 1.01. The summed E-state index contributed by atoms with van der Waals surface area (Å²) in [6, 6.07) is 0. The van der Waals surface area contributed by atoms with Crippen molar-refractivity contribution in [2.24, 2.45) is 5.14 Å². The summed E-state index contributed by atoms with van der Waals surface area (Å²) in [5.74, 6) is 0. The Kier molecular flexibility index (Phi) is 1.58. The predicted molar refractivity (Wildman–Crippen MR) is 41.0 cm³/mol. The van der Waals surface area contributed by atoms with E-state index in [0.29, 0.717) is 0 Å². The summed E-state index contributed by atoms with van der Waals surface area (Å²) in [7, 11) is 25.0. The summed E-state index contributed by atoms with van der Waals surface area (Å²) in [4.78, 5) is 0. The molecular weight excluding hydrogens is 223 g/mol. The average Bonchev–Trinajstić information content (AvgIpc) is 0.592. The standard InChI is InChI=1S/Cl5H2NS/c1-7(2,3,4,5)6/h6H2. The Morgan fingerprint density at radius 1 is 0.857 bits per heavy atom. The lowest BCUT2D eigenvalue weighted by molar-refractivity contribution is 2.03. The van der Waals surface area contributed by atoms with Crippen LogP contribution in [0.2, 0.25) is 0 Å². The first-order valence-corrected chi connectivity index (χ1v) is 7.65. The molecule has 7 heavy (non-hydrogen) atoms. The van der Waals surface area contributed by atoms with Crippen molar-refractivity contribution in [1.82, 2.24) is 0 Å². The topological polar surface area (TPSA) is 26.0 Å². The third-order valence-corrected chi connectivity index (χ3v) is 0. The van der Waals surface area contributed by atoms with Gasteiger partial charge in [0.05, 0.1) is 4.55 Å². The van der Waals surface area contributed by atoms with Crippen LogP contribution in [0, 0.1) is 0 Å². The summed E-state index contributed by atoms with van der Waals surface area (Å²) in [6.07, 6.45) is 0. The molecule has 2 N–H and O–H groups in total. The van der Waals surface area contributed by atoms with Gasteiger partial charge < -0.3 is 0 Å². The molecule has 0 radical (unpaired) electrons. The van der Waals surface area contributed by atoms with Crippen molar-refractivity contribution < 1.29 is 0 Å². The van der Waals surface area contributed by atoms with E-state index in [0.717, 1.165) is 0 Å². The molecule has 0 saturated carbocycles. The molecule has 0 saturated heterocycles. The maximum Gasteiger partial charge on any atom is 0.0606 e. The second-order valence-electron chi connectivity index (χ2n) is 1.03. The van der Waals surface area contributed by atoms with Crippen molar-refractivity contribution in [2.45, 2.75) is 0 Å². The van der Waals surface area contributed by atoms with E-state index in [2.05, 4.69) is 0 Å². The molecule has 0 atom stereocenters. The van der Waals surface area contributed by atoms with Gasteiger partial charge in [0.25, 0.3) is 0 Å². The largest absolute Gasteiger partial charge is 0.255 e. The summed E-state index contributed by atoms with van der Waals surface area (Å²) >= 11 is 0. The average molecular weight is 225 g/mol. The van der Waals surface area contributed by atoms with E-state index in [1.807, 2.05) is 0 Å². The second-order valence-corrected chi connectivity index (χ2v) is 19.8. The zero-order chi connectivity index (χ0) is 6.41. The van der Waals surface area contributed by atoms with Gasteiger partial charge in [0, 0.05) is 0 Å². The molecule has 0 amide bonds. The number of rotatable bonds is 0. The van der Waals surface area contributed by atoms with Crippen molar-refractivity contribution in [3.63, 3.8) is 0 Å². The first kappa shape index (κ1) is 8.76. The second kappa shape index (κ2) is 1.26. The summed E-state index contributed by atoms with van der Waals surface area (Å²) in [6.45, 7) is 0. The van der Waals surface area contributed by atoms with Gasteiger partial charge in [-0.25, -0.2) is 0 Å². The highest BCUT2D eigenvalue weighted by atomic mass is 36.6. The molecule has 0 heterocycles. The predicted octanol–water partition coefficient (Wildman–Crippen LogP) is 3.51. The molecule has 0 aromatic rings. The van der Waals surface area contributed by atoms with Gasteiger partial charge in [-0.15, -0.1) is 0 Å². The zero-order valence-electron chi connectivity index (χ0n) is 2.88. The van der Waals surface area contributed by atoms with Crippen LogP contribution in [-0.2, 0) is 0 Å². The highest BCUT2D eigenvalue weighted by molar-refractivity contribution is 9.22. The molecule has 0 aliphatic heterocycles. The third kappa shape index (κ3) is 83.1. The van der Waals surface area contributed by atoms with Crippen molar-refractivity contribution in [3.8, 4) is 0 Å². The van der Waals surface area contributed by atoms with E-state index in [4.69, 9.17) is 58.6 Å². The summed E-state index contributed by atoms with van der Waals surface area (Å²) in [5.41, 5.74) is 0. The Labute approximate surface area is 62.9 Å². The van der Waals surface area contributed by atoms with E-state index in [-0.39, 0.29) is 0 Å². The molecule has 0 unspecified atom stereocenters. The zero-order valence-corrected chi connectivity index (χ0v) is 7.47. The van der Waals surface area contributed by atoms with Gasteiger partial charge in [-0.2, -0.15) is 0 Å². The highest BCUT2D eigenvalue weighted by Crippen LogP contribution is 3.03. The lowest BCUT2D eigenvalue weighted by Crippen LogP contribution is -2.09. The Bertz CT molecular complexity index is 66.6. The van der Waals surface area contributed by atoms with Crippen LogP contribution in [0.1, 0.15) is 0 Å². The van der Waals surface area contributed by atoms with Gasteiger partial charge in [-0.05, 0) is 53.4 Å². The van der Waals surface area contributed by atoms with Crippen LogP contribution in [0.4, 0.5) is 0 Å². The van der Waals surface area contributed by atoms with Crippen molar-refractivity contribution in [3.05, 3.63) is 0 Å². The first-order chi connectivity index (χ1) is 2.45. The smallest absolute Gasteiger partial charge is 0.0606 e. The molecule has 48 valence electrons. The lowest BCUT2D eigenvalue weighted by atomic mass is 14.0. The molecule has 0 spiro atoms. The van der Waals surface area contributed by atoms with Crippen LogP contribution in [0.25, 0.3) is 0 Å². The minimum atomic E-state index is -4.61. The molecule has 0 fully saturated rings. The van der Waals surface area contributed by atoms with E-state index in [1.54, 1.807) is 0 Å². The fraction of sp³-hybridized carbons (Fsp3) is 0. The number of hydrogen-bond acceptors (Lipinski definition) is 1. The molecule has 7 heteroatoms. The monoisotopic (exact) mass is 223 g/mol. The maximum atomic E-state index is 5.00. The van der Waals surface area contributed by atoms with Crippen LogP contribution < -0.4 is 5.14 Å². The highest BCUT2D eigenvalue weighted by Gasteiger charge is 2.46. The summed E-state index contributed by atoms with van der Waals surface area (Å²) in [5, 5.41) is 4.79. The van der Waals surface area contributed by atoms with E-state index < -0.39 is 4.55 Å². The Morgan fingerprint density at radius 2 is 0.857 bits per heavy atom. The number of halogens is 5. The SMILES string of the molecule is NS(Cl)(Cl)(Cl)(Cl)Cl. The number of nitrogens with two attached hydrogens (primary N) is 1. The lowest BCUT2D eigenvalue weighted by Gasteiger charge is -2.45. The van der Waals surface area contributed by atoms with Gasteiger partial charge in [0.1, 0.15) is 0 Å². The summed E-state index contributed by atoms with van der Waals surface area (Å²) < 4.78 is -4.61. The molecule has 0 aromatic heterocycles. The fourth-order valence-electron chi connectivity index (χ4n) is 0. The van der Waals surface area contributed by atoms with Gasteiger partial charge >= 0.3 is 0 Å². The maximum absolute atomic E-state index is 5.00. The van der Waals surface area contributed by atoms with Gasteiger partial charge in [-0.3, -0.25) is 5.14 Å². The van der Waals surface area contributed by atoms with Gasteiger partial charge in [-0.1, -0.05) is 0 Å². The molecule has 0 rings (SSSR count). The van der Waals surface area contributed by atoms with Crippen molar-refractivity contribution in [2.75, 3.05) is 0 Å². The Hall–Kier alpha value is 1.76. The van der Waals surface area contributed by atoms with Gasteiger partial charge in [0.2, 0.25) is 0 Å². The number of hydrogen-bond donors (Lipinski definition) is 1. The third-order valence-electron chi connectivity index (χ3n) is 0. The van der Waals surface area contributed by atoms with Crippen LogP contribution in [-0.4, -0.2) is 0 Å². The normalized spacial score (nSPS) is 23.1. The van der Waals surface area contributed by atoms with Crippen LogP contribution in [0.3, 0.4) is 0 Å². The Morgan fingerprint density at radius 3 is 0.857 bits per heavy atom.